The van der Waals surface area contributed by atoms with E-state index in [-0.39, 0.29) is 5.41 Å². The zero-order valence-electron chi connectivity index (χ0n) is 25.9. The summed E-state index contributed by atoms with van der Waals surface area (Å²) >= 11 is 0. The Bertz CT molecular complexity index is 1580. The number of piperidine rings is 2. The number of carboxylic acid groups (broad SMARTS) is 1. The van der Waals surface area contributed by atoms with Gasteiger partial charge < -0.3 is 14.4 Å². The molecule has 0 radical (unpaired) electrons. The van der Waals surface area contributed by atoms with E-state index in [9.17, 15) is 9.90 Å². The van der Waals surface area contributed by atoms with E-state index in [1.54, 1.807) is 7.11 Å². The number of carboxylic acids is 1. The number of aromatic nitrogens is 2. The number of aliphatic carboxylic acids is 1. The van der Waals surface area contributed by atoms with Gasteiger partial charge in [-0.3, -0.25) is 14.6 Å². The Labute approximate surface area is 260 Å². The van der Waals surface area contributed by atoms with Gasteiger partial charge in [0, 0.05) is 31.2 Å². The lowest BCUT2D eigenvalue weighted by atomic mass is 9.70. The minimum Gasteiger partial charge on any atom is -0.497 e. The molecule has 44 heavy (non-hydrogen) atoms. The number of para-hydroxylation sites is 2. The molecule has 0 saturated carbocycles. The predicted octanol–water partition coefficient (Wildman–Crippen LogP) is 6.77. The largest absolute Gasteiger partial charge is 0.497 e. The fourth-order valence-corrected chi connectivity index (χ4v) is 8.77. The Hall–Kier alpha value is -3.68. The highest BCUT2D eigenvalue weighted by Gasteiger charge is 2.44. The Morgan fingerprint density at radius 3 is 2.25 bits per heavy atom. The summed E-state index contributed by atoms with van der Waals surface area (Å²) in [6.07, 6.45) is 7.96. The first-order valence-electron chi connectivity index (χ1n) is 16.3. The molecule has 230 valence electrons. The maximum absolute atomic E-state index is 12.5. The smallest absolute Gasteiger partial charge is 0.325 e. The molecule has 1 aromatic heterocycles. The minimum absolute atomic E-state index is 0.0498. The van der Waals surface area contributed by atoms with Gasteiger partial charge in [-0.25, -0.2) is 4.98 Å². The number of hydrogen-bond acceptors (Lipinski definition) is 5. The molecule has 3 unspecified atom stereocenters. The molecule has 7 nitrogen and oxygen atoms in total. The van der Waals surface area contributed by atoms with Crippen LogP contribution in [0.5, 0.6) is 5.75 Å². The van der Waals surface area contributed by atoms with Crippen molar-refractivity contribution in [1.82, 2.24) is 19.4 Å². The molecule has 1 N–H and O–H groups in total. The van der Waals surface area contributed by atoms with E-state index in [1.165, 1.54) is 36.8 Å². The third-order valence-electron chi connectivity index (χ3n) is 11.0. The van der Waals surface area contributed by atoms with Crippen LogP contribution in [-0.2, 0) is 10.2 Å². The molecule has 0 amide bonds. The number of hydrogen-bond donors (Lipinski definition) is 1. The van der Waals surface area contributed by atoms with Crippen LogP contribution in [0.3, 0.4) is 0 Å². The number of carbonyl (C=O) groups is 1. The van der Waals surface area contributed by atoms with Crippen molar-refractivity contribution in [2.45, 2.75) is 81.5 Å². The lowest BCUT2D eigenvalue weighted by Gasteiger charge is -2.46. The first-order valence-corrected chi connectivity index (χ1v) is 16.3. The molecular weight excluding hydrogens is 548 g/mol. The molecule has 3 saturated heterocycles. The molecule has 3 atom stereocenters. The van der Waals surface area contributed by atoms with Crippen LogP contribution >= 0.6 is 0 Å². The topological polar surface area (TPSA) is 70.8 Å². The number of aryl methyl sites for hydroxylation is 1. The van der Waals surface area contributed by atoms with E-state index < -0.39 is 12.0 Å². The minimum atomic E-state index is -0.789. The summed E-state index contributed by atoms with van der Waals surface area (Å²) in [6, 6.07) is 28.2. The lowest BCUT2D eigenvalue weighted by Crippen LogP contribution is -2.49. The van der Waals surface area contributed by atoms with Crippen molar-refractivity contribution in [3.8, 4) is 5.75 Å². The number of nitrogens with zero attached hydrogens (tertiary/aromatic N) is 4. The van der Waals surface area contributed by atoms with Crippen LogP contribution in [-0.4, -0.2) is 69.3 Å². The van der Waals surface area contributed by atoms with Crippen LogP contribution in [0.1, 0.15) is 74.0 Å². The third-order valence-corrected chi connectivity index (χ3v) is 11.0. The van der Waals surface area contributed by atoms with Crippen molar-refractivity contribution in [2.24, 2.45) is 0 Å². The molecule has 3 aliphatic heterocycles. The first kappa shape index (κ1) is 29.1. The van der Waals surface area contributed by atoms with Gasteiger partial charge in [0.25, 0.3) is 0 Å². The van der Waals surface area contributed by atoms with Crippen LogP contribution in [0.15, 0.2) is 78.9 Å². The van der Waals surface area contributed by atoms with Gasteiger partial charge in [-0.15, -0.1) is 0 Å². The molecule has 4 heterocycles. The summed E-state index contributed by atoms with van der Waals surface area (Å²) in [5.74, 6) is 1.09. The summed E-state index contributed by atoms with van der Waals surface area (Å²) in [4.78, 5) is 22.4. The van der Waals surface area contributed by atoms with Crippen molar-refractivity contribution < 1.29 is 14.6 Å². The molecule has 4 aromatic rings. The molecule has 0 aliphatic carbocycles. The maximum Gasteiger partial charge on any atom is 0.325 e. The lowest BCUT2D eigenvalue weighted by molar-refractivity contribution is -0.144. The second-order valence-corrected chi connectivity index (χ2v) is 13.2. The van der Waals surface area contributed by atoms with Crippen LogP contribution in [0.4, 0.5) is 0 Å². The summed E-state index contributed by atoms with van der Waals surface area (Å²) < 4.78 is 7.82. The number of fused-ring (bicyclic) bond motifs is 3. The SMILES string of the molecule is COc1ccc(C(C(=O)O)N2CCC(CCN3C4CCC3CC(n3c(C)nc5ccccc53)C4)(c3ccccc3)CC2)cc1. The van der Waals surface area contributed by atoms with E-state index in [0.717, 1.165) is 61.6 Å². The summed E-state index contributed by atoms with van der Waals surface area (Å²) in [5.41, 5.74) is 4.64. The highest BCUT2D eigenvalue weighted by Crippen LogP contribution is 2.45. The second-order valence-electron chi connectivity index (χ2n) is 13.2. The summed E-state index contributed by atoms with van der Waals surface area (Å²) in [5, 5.41) is 10.3. The Balaban J connectivity index is 1.07. The normalized spacial score (nSPS) is 24.4. The molecule has 3 fully saturated rings. The van der Waals surface area contributed by atoms with E-state index in [4.69, 9.17) is 9.72 Å². The highest BCUT2D eigenvalue weighted by atomic mass is 16.5. The molecule has 3 aromatic carbocycles. The van der Waals surface area contributed by atoms with Gasteiger partial charge in [-0.05, 0) is 99.2 Å². The molecule has 7 heteroatoms. The average molecular weight is 593 g/mol. The first-order chi connectivity index (χ1) is 21.5. The van der Waals surface area contributed by atoms with Gasteiger partial charge >= 0.3 is 5.97 Å². The molecule has 2 bridgehead atoms. The number of imidazole rings is 1. The Kier molecular flexibility index (Phi) is 7.93. The average Bonchev–Trinajstić information content (AvgIpc) is 3.51. The van der Waals surface area contributed by atoms with Crippen molar-refractivity contribution >= 4 is 17.0 Å². The summed E-state index contributed by atoms with van der Waals surface area (Å²) in [7, 11) is 1.63. The van der Waals surface area contributed by atoms with E-state index >= 15 is 0 Å². The predicted molar refractivity (Wildman–Crippen MR) is 173 cm³/mol. The Morgan fingerprint density at radius 1 is 0.932 bits per heavy atom. The highest BCUT2D eigenvalue weighted by molar-refractivity contribution is 5.76. The fourth-order valence-electron chi connectivity index (χ4n) is 8.77. The van der Waals surface area contributed by atoms with Gasteiger partial charge in [0.2, 0.25) is 0 Å². The van der Waals surface area contributed by atoms with E-state index in [1.807, 2.05) is 24.3 Å². The zero-order chi connectivity index (χ0) is 30.3. The second kappa shape index (κ2) is 12.0. The fraction of sp³-hybridized carbons (Fsp3) is 0.459. The van der Waals surface area contributed by atoms with Crippen molar-refractivity contribution in [2.75, 3.05) is 26.7 Å². The van der Waals surface area contributed by atoms with Crippen LogP contribution < -0.4 is 4.74 Å². The maximum atomic E-state index is 12.5. The van der Waals surface area contributed by atoms with Crippen molar-refractivity contribution in [1.29, 1.82) is 0 Å². The number of rotatable bonds is 9. The standard InChI is InChI=1S/C37H44N4O3/c1-26-38-33-10-6-7-11-34(33)41(26)31-24-29-14-15-30(25-31)40(29)23-20-37(28-8-4-3-5-9-28)18-21-39(22-19-37)35(36(42)43)27-12-16-32(44-2)17-13-27/h3-13,16-17,29-31,35H,14-15,18-25H2,1-2H3,(H,42,43). The van der Waals surface area contributed by atoms with Gasteiger partial charge in [0.05, 0.1) is 18.1 Å². The van der Waals surface area contributed by atoms with Gasteiger partial charge in [0.1, 0.15) is 17.6 Å². The zero-order valence-corrected chi connectivity index (χ0v) is 25.9. The third kappa shape index (κ3) is 5.30. The quantitative estimate of drug-likeness (QED) is 0.231. The van der Waals surface area contributed by atoms with E-state index in [0.29, 0.717) is 18.1 Å². The molecule has 3 aliphatic rings. The number of benzene rings is 3. The van der Waals surface area contributed by atoms with Gasteiger partial charge in [0.15, 0.2) is 0 Å². The van der Waals surface area contributed by atoms with Gasteiger partial charge in [-0.1, -0.05) is 54.6 Å². The monoisotopic (exact) mass is 592 g/mol. The molecule has 0 spiro atoms. The van der Waals surface area contributed by atoms with Crippen LogP contribution in [0.25, 0.3) is 11.0 Å². The molecule has 7 rings (SSSR count). The Morgan fingerprint density at radius 2 is 1.59 bits per heavy atom. The van der Waals surface area contributed by atoms with E-state index in [2.05, 4.69) is 75.9 Å². The van der Waals surface area contributed by atoms with Crippen molar-refractivity contribution in [3.63, 3.8) is 0 Å². The van der Waals surface area contributed by atoms with Crippen LogP contribution in [0.2, 0.25) is 0 Å². The summed E-state index contributed by atoms with van der Waals surface area (Å²) in [6.45, 7) is 4.79. The number of likely N-dealkylation sites (tertiary alicyclic amines) is 1. The van der Waals surface area contributed by atoms with Gasteiger partial charge in [-0.2, -0.15) is 0 Å². The number of ether oxygens (including phenoxy) is 1. The number of methoxy groups -OCH3 is 1. The van der Waals surface area contributed by atoms with Crippen molar-refractivity contribution in [3.05, 3.63) is 95.8 Å². The van der Waals surface area contributed by atoms with Crippen LogP contribution in [0, 0.1) is 6.92 Å². The molecular formula is C37H44N4O3.